The van der Waals surface area contributed by atoms with Crippen molar-refractivity contribution in [1.29, 1.82) is 0 Å². The van der Waals surface area contributed by atoms with Crippen LogP contribution in [0.2, 0.25) is 0 Å². The molecule has 1 rings (SSSR count). The minimum Gasteiger partial charge on any atom is -0.328 e. The van der Waals surface area contributed by atoms with Gasteiger partial charge in [-0.05, 0) is 5.92 Å². The summed E-state index contributed by atoms with van der Waals surface area (Å²) < 4.78 is 1.15. The first-order valence-electron chi connectivity index (χ1n) is 4.95. The van der Waals surface area contributed by atoms with E-state index >= 15 is 0 Å². The van der Waals surface area contributed by atoms with Gasteiger partial charge < -0.3 is 4.48 Å². The van der Waals surface area contributed by atoms with Crippen molar-refractivity contribution in [3.63, 3.8) is 0 Å². The van der Waals surface area contributed by atoms with Gasteiger partial charge >= 0.3 is 0 Å². The van der Waals surface area contributed by atoms with Crippen LogP contribution in [0.15, 0.2) is 0 Å². The summed E-state index contributed by atoms with van der Waals surface area (Å²) in [4.78, 5) is 10.8. The topological polar surface area (TPSA) is 17.1 Å². The van der Waals surface area contributed by atoms with Crippen molar-refractivity contribution in [1.82, 2.24) is 0 Å². The minimum atomic E-state index is 0.263. The van der Waals surface area contributed by atoms with E-state index in [-0.39, 0.29) is 5.12 Å². The molecule has 3 heteroatoms. The van der Waals surface area contributed by atoms with Gasteiger partial charge in [0.05, 0.1) is 27.2 Å². The number of hydrogen-bond acceptors (Lipinski definition) is 2. The Morgan fingerprint density at radius 1 is 1.38 bits per heavy atom. The molecular weight excluding hydrogens is 182 g/mol. The smallest absolute Gasteiger partial charge is 0.185 e. The van der Waals surface area contributed by atoms with E-state index in [2.05, 4.69) is 14.1 Å². The van der Waals surface area contributed by atoms with Crippen molar-refractivity contribution >= 4 is 16.9 Å². The summed E-state index contributed by atoms with van der Waals surface area (Å²) in [5, 5.41) is 0.263. The van der Waals surface area contributed by atoms with Crippen LogP contribution in [0, 0.1) is 5.92 Å². The van der Waals surface area contributed by atoms with Crippen LogP contribution in [0.1, 0.15) is 19.8 Å². The van der Waals surface area contributed by atoms with Crippen molar-refractivity contribution < 1.29 is 9.28 Å². The van der Waals surface area contributed by atoms with Crippen LogP contribution in [0.4, 0.5) is 0 Å². The molecule has 76 valence electrons. The molecule has 1 saturated heterocycles. The number of carbonyl (C=O) groups is 1. The summed E-state index contributed by atoms with van der Waals surface area (Å²) in [5.41, 5.74) is 0. The summed E-state index contributed by atoms with van der Waals surface area (Å²) in [6.07, 6.45) is 2.57. The number of hydrogen-bond donors (Lipinski definition) is 0. The number of likely N-dealkylation sites (tertiary alicyclic amines) is 1. The van der Waals surface area contributed by atoms with Crippen molar-refractivity contribution in [2.24, 2.45) is 5.92 Å². The van der Waals surface area contributed by atoms with E-state index in [0.29, 0.717) is 0 Å². The van der Waals surface area contributed by atoms with Gasteiger partial charge in [0.15, 0.2) is 5.12 Å². The molecule has 0 aromatic heterocycles. The number of thioether (sulfide) groups is 1. The molecule has 0 spiro atoms. The van der Waals surface area contributed by atoms with Gasteiger partial charge in [-0.15, -0.1) is 0 Å². The highest BCUT2D eigenvalue weighted by Gasteiger charge is 2.25. The van der Waals surface area contributed by atoms with Gasteiger partial charge in [0.2, 0.25) is 0 Å². The second-order valence-corrected chi connectivity index (χ2v) is 5.83. The Labute approximate surface area is 85.3 Å². The Morgan fingerprint density at radius 2 is 1.92 bits per heavy atom. The maximum absolute atomic E-state index is 10.8. The van der Waals surface area contributed by atoms with Crippen molar-refractivity contribution in [3.05, 3.63) is 0 Å². The highest BCUT2D eigenvalue weighted by atomic mass is 32.2. The third kappa shape index (κ3) is 4.14. The fourth-order valence-electron chi connectivity index (χ4n) is 1.72. The van der Waals surface area contributed by atoms with Crippen LogP contribution in [0.25, 0.3) is 0 Å². The lowest BCUT2D eigenvalue weighted by Crippen LogP contribution is -2.46. The first kappa shape index (κ1) is 11.1. The molecule has 0 aromatic carbocycles. The van der Waals surface area contributed by atoms with Gasteiger partial charge in [-0.3, -0.25) is 4.79 Å². The first-order chi connectivity index (χ1) is 5.99. The number of carbonyl (C=O) groups excluding carboxylic acids is 1. The molecule has 2 nitrogen and oxygen atoms in total. The average molecular weight is 202 g/mol. The summed E-state index contributed by atoms with van der Waals surface area (Å²) in [5.74, 6) is 1.81. The third-order valence-electron chi connectivity index (χ3n) is 2.81. The van der Waals surface area contributed by atoms with Crippen LogP contribution in [-0.4, -0.2) is 42.5 Å². The lowest BCUT2D eigenvalue weighted by Gasteiger charge is -2.37. The molecular formula is C10H20NOS+. The Balaban J connectivity index is 2.21. The van der Waals surface area contributed by atoms with Gasteiger partial charge in [-0.25, -0.2) is 0 Å². The van der Waals surface area contributed by atoms with E-state index in [1.165, 1.54) is 37.7 Å². The summed E-state index contributed by atoms with van der Waals surface area (Å²) in [6, 6.07) is 0. The number of rotatable bonds is 2. The van der Waals surface area contributed by atoms with E-state index in [1.807, 2.05) is 0 Å². The molecule has 0 saturated carbocycles. The number of quaternary nitrogens is 1. The molecule has 0 N–H and O–H groups in total. The molecule has 1 fully saturated rings. The molecule has 0 radical (unpaired) electrons. The lowest BCUT2D eigenvalue weighted by molar-refractivity contribution is -0.896. The zero-order chi connectivity index (χ0) is 9.90. The van der Waals surface area contributed by atoms with Gasteiger partial charge in [0, 0.05) is 25.5 Å². The highest BCUT2D eigenvalue weighted by Crippen LogP contribution is 2.23. The van der Waals surface area contributed by atoms with Gasteiger partial charge in [0.1, 0.15) is 0 Å². The molecule has 0 atom stereocenters. The summed E-state index contributed by atoms with van der Waals surface area (Å²) in [7, 11) is 4.57. The van der Waals surface area contributed by atoms with Gasteiger partial charge in [0.25, 0.3) is 0 Å². The normalized spacial score (nSPS) is 23.0. The maximum Gasteiger partial charge on any atom is 0.185 e. The Kier molecular flexibility index (Phi) is 3.80. The quantitative estimate of drug-likeness (QED) is 0.635. The van der Waals surface area contributed by atoms with Crippen molar-refractivity contribution in [3.8, 4) is 0 Å². The molecule has 0 bridgehead atoms. The van der Waals surface area contributed by atoms with Crippen LogP contribution in [0.5, 0.6) is 0 Å². The van der Waals surface area contributed by atoms with Crippen molar-refractivity contribution in [2.75, 3.05) is 32.9 Å². The SMILES string of the molecule is CC(=O)SCC1CC[N+](C)(C)CC1. The molecule has 13 heavy (non-hydrogen) atoms. The average Bonchev–Trinajstić information content (AvgIpc) is 2.02. The van der Waals surface area contributed by atoms with E-state index in [0.717, 1.165) is 16.2 Å². The predicted octanol–water partition coefficient (Wildman–Crippen LogP) is 1.75. The van der Waals surface area contributed by atoms with Crippen LogP contribution in [0.3, 0.4) is 0 Å². The predicted molar refractivity (Wildman–Crippen MR) is 57.7 cm³/mol. The number of nitrogens with zero attached hydrogens (tertiary/aromatic N) is 1. The van der Waals surface area contributed by atoms with Crippen LogP contribution < -0.4 is 0 Å². The van der Waals surface area contributed by atoms with E-state index in [1.54, 1.807) is 6.92 Å². The molecule has 0 aromatic rings. The Morgan fingerprint density at radius 3 is 2.38 bits per heavy atom. The Bertz CT molecular complexity index is 181. The highest BCUT2D eigenvalue weighted by molar-refractivity contribution is 8.13. The fourth-order valence-corrected chi connectivity index (χ4v) is 2.53. The molecule has 1 aliphatic heterocycles. The summed E-state index contributed by atoms with van der Waals surface area (Å²) in [6.45, 7) is 4.19. The zero-order valence-corrected chi connectivity index (χ0v) is 9.69. The fraction of sp³-hybridized carbons (Fsp3) is 0.900. The van der Waals surface area contributed by atoms with Crippen molar-refractivity contribution in [2.45, 2.75) is 19.8 Å². The largest absolute Gasteiger partial charge is 0.328 e. The number of piperidine rings is 1. The molecule has 0 unspecified atom stereocenters. The van der Waals surface area contributed by atoms with Crippen LogP contribution >= 0.6 is 11.8 Å². The first-order valence-corrected chi connectivity index (χ1v) is 5.93. The second-order valence-electron chi connectivity index (χ2n) is 4.63. The lowest BCUT2D eigenvalue weighted by atomic mass is 9.98. The maximum atomic E-state index is 10.8. The Hall–Kier alpha value is -0.0200. The standard InChI is InChI=1S/C10H20NOS/c1-9(12)13-8-10-4-6-11(2,3)7-5-10/h10H,4-8H2,1-3H3/q+1. The molecule has 1 aliphatic rings. The van der Waals surface area contributed by atoms with Gasteiger partial charge in [-0.2, -0.15) is 0 Å². The van der Waals surface area contributed by atoms with E-state index in [9.17, 15) is 4.79 Å². The summed E-state index contributed by atoms with van der Waals surface area (Å²) >= 11 is 1.49. The zero-order valence-electron chi connectivity index (χ0n) is 8.88. The van der Waals surface area contributed by atoms with E-state index in [4.69, 9.17) is 0 Å². The molecule has 1 heterocycles. The second kappa shape index (κ2) is 4.47. The van der Waals surface area contributed by atoms with Gasteiger partial charge in [-0.1, -0.05) is 11.8 Å². The minimum absolute atomic E-state index is 0.263. The monoisotopic (exact) mass is 202 g/mol. The third-order valence-corrected chi connectivity index (χ3v) is 3.85. The molecule has 0 aliphatic carbocycles. The van der Waals surface area contributed by atoms with Crippen LogP contribution in [-0.2, 0) is 4.79 Å². The molecule has 0 amide bonds. The van der Waals surface area contributed by atoms with E-state index < -0.39 is 0 Å².